The second kappa shape index (κ2) is 6.98. The number of hydrogen-bond acceptors (Lipinski definition) is 4. The number of phenolic OH excluding ortho intramolecular Hbond substituents is 1. The second-order valence-corrected chi connectivity index (χ2v) is 7.85. The maximum absolute atomic E-state index is 11.5. The summed E-state index contributed by atoms with van der Waals surface area (Å²) in [6.07, 6.45) is 3.91. The number of benzene rings is 1. The first-order chi connectivity index (χ1) is 12.3. The summed E-state index contributed by atoms with van der Waals surface area (Å²) in [6.45, 7) is 8.22. The van der Waals surface area contributed by atoms with Crippen molar-refractivity contribution in [1.82, 2.24) is 4.98 Å². The van der Waals surface area contributed by atoms with E-state index >= 15 is 0 Å². The Labute approximate surface area is 154 Å². The average molecular weight is 354 g/mol. The number of anilines is 1. The molecule has 1 aliphatic rings. The highest BCUT2D eigenvalue weighted by Crippen LogP contribution is 2.40. The van der Waals surface area contributed by atoms with Gasteiger partial charge in [-0.3, -0.25) is 9.78 Å². The lowest BCUT2D eigenvalue weighted by molar-refractivity contribution is -0.136. The molecule has 5 heteroatoms. The van der Waals surface area contributed by atoms with E-state index in [2.05, 4.69) is 23.7 Å². The molecule has 0 unspecified atom stereocenters. The van der Waals surface area contributed by atoms with Crippen molar-refractivity contribution in [2.24, 2.45) is 5.41 Å². The van der Waals surface area contributed by atoms with Gasteiger partial charge in [0.05, 0.1) is 12.1 Å². The van der Waals surface area contributed by atoms with Crippen molar-refractivity contribution in [3.05, 3.63) is 41.7 Å². The van der Waals surface area contributed by atoms with E-state index in [0.717, 1.165) is 54.0 Å². The van der Waals surface area contributed by atoms with Crippen molar-refractivity contribution < 1.29 is 15.0 Å². The van der Waals surface area contributed by atoms with E-state index in [4.69, 9.17) is 0 Å². The third kappa shape index (κ3) is 3.82. The quantitative estimate of drug-likeness (QED) is 0.868. The van der Waals surface area contributed by atoms with Crippen molar-refractivity contribution >= 4 is 11.7 Å². The fourth-order valence-corrected chi connectivity index (χ4v) is 3.55. The molecule has 1 aromatic heterocycles. The lowest BCUT2D eigenvalue weighted by Crippen LogP contribution is -2.38. The van der Waals surface area contributed by atoms with Gasteiger partial charge in [-0.1, -0.05) is 26.0 Å². The van der Waals surface area contributed by atoms with Gasteiger partial charge in [0, 0.05) is 36.1 Å². The number of carboxylic acid groups (broad SMARTS) is 1. The molecule has 0 saturated carbocycles. The molecule has 2 N–H and O–H groups in total. The van der Waals surface area contributed by atoms with Crippen LogP contribution >= 0.6 is 0 Å². The Morgan fingerprint density at radius 3 is 2.38 bits per heavy atom. The minimum absolute atomic E-state index is 0.0417. The Morgan fingerprint density at radius 1 is 1.19 bits per heavy atom. The van der Waals surface area contributed by atoms with E-state index in [-0.39, 0.29) is 12.2 Å². The maximum Gasteiger partial charge on any atom is 0.307 e. The van der Waals surface area contributed by atoms with Gasteiger partial charge in [-0.05, 0) is 42.9 Å². The Kier molecular flexibility index (Phi) is 4.90. The number of hydrogen-bond donors (Lipinski definition) is 2. The smallest absolute Gasteiger partial charge is 0.307 e. The summed E-state index contributed by atoms with van der Waals surface area (Å²) in [7, 11) is 0. The van der Waals surface area contributed by atoms with Crippen LogP contribution in [-0.4, -0.2) is 34.3 Å². The van der Waals surface area contributed by atoms with Crippen LogP contribution in [0.2, 0.25) is 0 Å². The van der Waals surface area contributed by atoms with Crippen LogP contribution in [0.5, 0.6) is 5.75 Å². The molecular formula is C21H26N2O3. The molecule has 5 nitrogen and oxygen atoms in total. The van der Waals surface area contributed by atoms with Crippen molar-refractivity contribution in [3.63, 3.8) is 0 Å². The number of aromatic nitrogens is 1. The van der Waals surface area contributed by atoms with Crippen LogP contribution in [-0.2, 0) is 11.2 Å². The SMILES string of the molecule is Cc1ncc(-c2ccc(O)cc2)c(N2CCC(C)(C)CC2)c1CC(=O)O. The summed E-state index contributed by atoms with van der Waals surface area (Å²) < 4.78 is 0. The summed E-state index contributed by atoms with van der Waals surface area (Å²) >= 11 is 0. The van der Waals surface area contributed by atoms with Gasteiger partial charge in [0.2, 0.25) is 0 Å². The number of aromatic hydroxyl groups is 1. The van der Waals surface area contributed by atoms with Crippen LogP contribution in [0.25, 0.3) is 11.1 Å². The van der Waals surface area contributed by atoms with Crippen LogP contribution in [0.1, 0.15) is 37.9 Å². The Hall–Kier alpha value is -2.56. The number of carboxylic acids is 1. The van der Waals surface area contributed by atoms with Crippen LogP contribution in [0.3, 0.4) is 0 Å². The first-order valence-corrected chi connectivity index (χ1v) is 9.01. The molecule has 1 aromatic carbocycles. The number of piperidine rings is 1. The van der Waals surface area contributed by atoms with E-state index in [9.17, 15) is 15.0 Å². The molecule has 0 aliphatic carbocycles. The van der Waals surface area contributed by atoms with E-state index in [1.165, 1.54) is 0 Å². The highest BCUT2D eigenvalue weighted by atomic mass is 16.4. The lowest BCUT2D eigenvalue weighted by Gasteiger charge is -2.40. The lowest BCUT2D eigenvalue weighted by atomic mass is 9.82. The molecule has 2 aromatic rings. The molecule has 0 spiro atoms. The predicted molar refractivity (Wildman–Crippen MR) is 103 cm³/mol. The molecule has 1 aliphatic heterocycles. The number of pyridine rings is 1. The minimum Gasteiger partial charge on any atom is -0.508 e. The van der Waals surface area contributed by atoms with Crippen LogP contribution in [0, 0.1) is 12.3 Å². The largest absolute Gasteiger partial charge is 0.508 e. The van der Waals surface area contributed by atoms with Crippen molar-refractivity contribution in [2.75, 3.05) is 18.0 Å². The normalized spacial score (nSPS) is 16.5. The number of nitrogens with zero attached hydrogens (tertiary/aromatic N) is 2. The van der Waals surface area contributed by atoms with Gasteiger partial charge < -0.3 is 15.1 Å². The molecular weight excluding hydrogens is 328 g/mol. The number of aryl methyl sites for hydroxylation is 1. The van der Waals surface area contributed by atoms with Gasteiger partial charge in [0.15, 0.2) is 0 Å². The topological polar surface area (TPSA) is 73.7 Å². The predicted octanol–water partition coefficient (Wildman–Crippen LogP) is 4.02. The zero-order valence-corrected chi connectivity index (χ0v) is 15.6. The summed E-state index contributed by atoms with van der Waals surface area (Å²) in [5, 5.41) is 19.0. The molecule has 0 amide bonds. The number of carbonyl (C=O) groups is 1. The second-order valence-electron chi connectivity index (χ2n) is 7.85. The fourth-order valence-electron chi connectivity index (χ4n) is 3.55. The monoisotopic (exact) mass is 354 g/mol. The van der Waals surface area contributed by atoms with Gasteiger partial charge in [0.25, 0.3) is 0 Å². The minimum atomic E-state index is -0.851. The molecule has 1 saturated heterocycles. The molecule has 26 heavy (non-hydrogen) atoms. The van der Waals surface area contributed by atoms with Crippen LogP contribution in [0.15, 0.2) is 30.5 Å². The standard InChI is InChI=1S/C21H26N2O3/c1-14-17(12-19(25)26)20(23-10-8-21(2,3)9-11-23)18(13-22-14)15-4-6-16(24)7-5-15/h4-7,13,24H,8-12H2,1-3H3,(H,25,26). The van der Waals surface area contributed by atoms with Crippen molar-refractivity contribution in [1.29, 1.82) is 0 Å². The maximum atomic E-state index is 11.5. The van der Waals surface area contributed by atoms with Crippen molar-refractivity contribution in [2.45, 2.75) is 40.0 Å². The number of aliphatic carboxylic acids is 1. The van der Waals surface area contributed by atoms with Crippen molar-refractivity contribution in [3.8, 4) is 16.9 Å². The highest BCUT2D eigenvalue weighted by molar-refractivity contribution is 5.84. The summed E-state index contributed by atoms with van der Waals surface area (Å²) in [5.74, 6) is -0.641. The van der Waals surface area contributed by atoms with Crippen LogP contribution < -0.4 is 4.90 Å². The Balaban J connectivity index is 2.12. The first kappa shape index (κ1) is 18.2. The number of phenols is 1. The molecule has 1 fully saturated rings. The van der Waals surface area contributed by atoms with E-state index in [1.807, 2.05) is 25.3 Å². The molecule has 2 heterocycles. The van der Waals surface area contributed by atoms with Gasteiger partial charge in [-0.2, -0.15) is 0 Å². The van der Waals surface area contributed by atoms with Gasteiger partial charge in [-0.15, -0.1) is 0 Å². The third-order valence-electron chi connectivity index (χ3n) is 5.30. The van der Waals surface area contributed by atoms with Gasteiger partial charge >= 0.3 is 5.97 Å². The summed E-state index contributed by atoms with van der Waals surface area (Å²) in [4.78, 5) is 18.2. The summed E-state index contributed by atoms with van der Waals surface area (Å²) in [6, 6.07) is 7.00. The van der Waals surface area contributed by atoms with Gasteiger partial charge in [-0.25, -0.2) is 0 Å². The first-order valence-electron chi connectivity index (χ1n) is 9.01. The number of rotatable bonds is 4. The molecule has 0 bridgehead atoms. The molecule has 138 valence electrons. The van der Waals surface area contributed by atoms with Gasteiger partial charge in [0.1, 0.15) is 5.75 Å². The van der Waals surface area contributed by atoms with Crippen LogP contribution in [0.4, 0.5) is 5.69 Å². The Morgan fingerprint density at radius 2 is 1.81 bits per heavy atom. The van der Waals surface area contributed by atoms with E-state index < -0.39 is 5.97 Å². The molecule has 0 atom stereocenters. The van der Waals surface area contributed by atoms with E-state index in [1.54, 1.807) is 12.1 Å². The zero-order valence-electron chi connectivity index (χ0n) is 15.6. The summed E-state index contributed by atoms with van der Waals surface area (Å²) in [5.41, 5.74) is 4.68. The fraction of sp³-hybridized carbons (Fsp3) is 0.429. The average Bonchev–Trinajstić information content (AvgIpc) is 2.57. The van der Waals surface area contributed by atoms with E-state index in [0.29, 0.717) is 5.41 Å². The molecule has 3 rings (SSSR count). The third-order valence-corrected chi connectivity index (χ3v) is 5.30. The zero-order chi connectivity index (χ0) is 18.9. The highest BCUT2D eigenvalue weighted by Gasteiger charge is 2.29. The Bertz CT molecular complexity index is 803. The molecule has 0 radical (unpaired) electrons.